The van der Waals surface area contributed by atoms with Gasteiger partial charge in [0.1, 0.15) is 0 Å². The van der Waals surface area contributed by atoms with Crippen LogP contribution in [0.4, 0.5) is 5.69 Å². The monoisotopic (exact) mass is 356 g/mol. The topological polar surface area (TPSA) is 67.4 Å². The van der Waals surface area contributed by atoms with Gasteiger partial charge in [-0.2, -0.15) is 0 Å². The molecule has 0 aliphatic heterocycles. The fourth-order valence-electron chi connectivity index (χ4n) is 2.08. The Balaban J connectivity index is 1.83. The number of esters is 1. The molecule has 0 saturated heterocycles. The number of rotatable bonds is 6. The lowest BCUT2D eigenvalue weighted by Gasteiger charge is -2.10. The third-order valence-corrected chi connectivity index (χ3v) is 3.48. The highest BCUT2D eigenvalue weighted by atomic mass is 32.1. The zero-order chi connectivity index (χ0) is 18.1. The number of anilines is 1. The number of thiocarbonyl (C=S) groups is 1. The third-order valence-electron chi connectivity index (χ3n) is 3.28. The molecular weight excluding hydrogens is 336 g/mol. The second-order valence-corrected chi connectivity index (χ2v) is 5.79. The average molecular weight is 356 g/mol. The zero-order valence-electron chi connectivity index (χ0n) is 14.0. The Bertz CT molecular complexity index is 730. The van der Waals surface area contributed by atoms with E-state index in [0.29, 0.717) is 17.9 Å². The highest BCUT2D eigenvalue weighted by Gasteiger charge is 2.08. The van der Waals surface area contributed by atoms with E-state index in [0.717, 1.165) is 12.0 Å². The summed E-state index contributed by atoms with van der Waals surface area (Å²) in [5.41, 5.74) is 2.06. The highest BCUT2D eigenvalue weighted by molar-refractivity contribution is 7.80. The van der Waals surface area contributed by atoms with Gasteiger partial charge in [0.15, 0.2) is 5.11 Å². The number of carbonyl (C=O) groups excluding carboxylic acids is 2. The summed E-state index contributed by atoms with van der Waals surface area (Å²) in [6, 6.07) is 16.1. The van der Waals surface area contributed by atoms with Crippen LogP contribution in [0.15, 0.2) is 54.6 Å². The molecule has 1 amide bonds. The van der Waals surface area contributed by atoms with Crippen molar-refractivity contribution in [3.05, 3.63) is 65.7 Å². The fourth-order valence-corrected chi connectivity index (χ4v) is 2.31. The number of nitrogens with one attached hydrogen (secondary N) is 2. The van der Waals surface area contributed by atoms with Crippen LogP contribution in [0.1, 0.15) is 29.3 Å². The molecule has 0 heterocycles. The molecule has 0 saturated carbocycles. The molecule has 2 rings (SSSR count). The Kier molecular flexibility index (Phi) is 7.10. The number of ether oxygens (including phenoxy) is 1. The molecule has 25 heavy (non-hydrogen) atoms. The molecule has 0 aliphatic rings. The van der Waals surface area contributed by atoms with Crippen LogP contribution in [-0.4, -0.2) is 23.6 Å². The van der Waals surface area contributed by atoms with E-state index in [-0.39, 0.29) is 23.4 Å². The molecule has 130 valence electrons. The summed E-state index contributed by atoms with van der Waals surface area (Å²) in [6.07, 6.45) is 1.03. The van der Waals surface area contributed by atoms with Crippen LogP contribution < -0.4 is 10.6 Å². The summed E-state index contributed by atoms with van der Waals surface area (Å²) in [5.74, 6) is -0.546. The maximum atomic E-state index is 12.0. The summed E-state index contributed by atoms with van der Waals surface area (Å²) in [5, 5.41) is 5.76. The lowest BCUT2D eigenvalue weighted by Crippen LogP contribution is -2.35. The van der Waals surface area contributed by atoms with Gasteiger partial charge < -0.3 is 15.4 Å². The maximum absolute atomic E-state index is 12.0. The number of hydrogen-bond donors (Lipinski definition) is 2. The maximum Gasteiger partial charge on any atom is 0.338 e. The summed E-state index contributed by atoms with van der Waals surface area (Å²) in [7, 11) is 0. The van der Waals surface area contributed by atoms with Gasteiger partial charge in [-0.3, -0.25) is 4.79 Å². The molecule has 2 aromatic carbocycles. The lowest BCUT2D eigenvalue weighted by atomic mass is 10.1. The zero-order valence-corrected chi connectivity index (χ0v) is 14.8. The number of amides is 1. The van der Waals surface area contributed by atoms with Gasteiger partial charge in [0.05, 0.1) is 18.6 Å². The summed E-state index contributed by atoms with van der Waals surface area (Å²) >= 11 is 5.14. The molecule has 6 heteroatoms. The van der Waals surface area contributed by atoms with E-state index in [1.807, 2.05) is 37.3 Å². The average Bonchev–Trinajstić information content (AvgIpc) is 2.61. The van der Waals surface area contributed by atoms with Crippen molar-refractivity contribution in [1.29, 1.82) is 0 Å². The van der Waals surface area contributed by atoms with Crippen LogP contribution in [-0.2, 0) is 16.0 Å². The van der Waals surface area contributed by atoms with Crippen molar-refractivity contribution >= 4 is 34.9 Å². The van der Waals surface area contributed by atoms with E-state index in [1.165, 1.54) is 0 Å². The molecule has 0 aromatic heterocycles. The second kappa shape index (κ2) is 9.54. The first kappa shape index (κ1) is 18.6. The van der Waals surface area contributed by atoms with Crippen molar-refractivity contribution in [1.82, 2.24) is 5.32 Å². The standard InChI is InChI=1S/C19H20N2O3S/c1-2-12-24-18(23)15-8-10-16(11-9-15)20-19(25)21-17(22)13-14-6-4-3-5-7-14/h3-11H,2,12-13H2,1H3,(H2,20,21,22,25). The Hall–Kier alpha value is -2.73. The highest BCUT2D eigenvalue weighted by Crippen LogP contribution is 2.11. The molecule has 5 nitrogen and oxygen atoms in total. The van der Waals surface area contributed by atoms with Crippen LogP contribution in [0, 0.1) is 0 Å². The largest absolute Gasteiger partial charge is 0.462 e. The van der Waals surface area contributed by atoms with E-state index in [2.05, 4.69) is 10.6 Å². The van der Waals surface area contributed by atoms with Gasteiger partial charge >= 0.3 is 5.97 Å². The van der Waals surface area contributed by atoms with Crippen molar-refractivity contribution in [2.24, 2.45) is 0 Å². The molecule has 0 unspecified atom stereocenters. The normalized spacial score (nSPS) is 9.96. The molecule has 0 bridgehead atoms. The van der Waals surface area contributed by atoms with Crippen LogP contribution in [0.25, 0.3) is 0 Å². The molecule has 0 spiro atoms. The van der Waals surface area contributed by atoms with E-state index in [1.54, 1.807) is 24.3 Å². The van der Waals surface area contributed by atoms with E-state index in [4.69, 9.17) is 17.0 Å². The van der Waals surface area contributed by atoms with Crippen molar-refractivity contribution in [3.8, 4) is 0 Å². The molecule has 0 aliphatic carbocycles. The van der Waals surface area contributed by atoms with Crippen molar-refractivity contribution in [2.75, 3.05) is 11.9 Å². The molecule has 0 radical (unpaired) electrons. The van der Waals surface area contributed by atoms with Gasteiger partial charge in [-0.1, -0.05) is 37.3 Å². The SMILES string of the molecule is CCCOC(=O)c1ccc(NC(=S)NC(=O)Cc2ccccc2)cc1. The Morgan fingerprint density at radius 2 is 1.72 bits per heavy atom. The van der Waals surface area contributed by atoms with Crippen molar-refractivity contribution in [2.45, 2.75) is 19.8 Å². The van der Waals surface area contributed by atoms with Crippen LogP contribution in [0.3, 0.4) is 0 Å². The molecule has 0 fully saturated rings. The Labute approximate surface area is 152 Å². The first-order valence-electron chi connectivity index (χ1n) is 8.00. The number of carbonyl (C=O) groups is 2. The minimum Gasteiger partial charge on any atom is -0.462 e. The quantitative estimate of drug-likeness (QED) is 0.614. The van der Waals surface area contributed by atoms with Gasteiger partial charge in [-0.15, -0.1) is 0 Å². The third kappa shape index (κ3) is 6.35. The van der Waals surface area contributed by atoms with Gasteiger partial charge in [0.2, 0.25) is 5.91 Å². The van der Waals surface area contributed by atoms with Crippen LogP contribution >= 0.6 is 12.2 Å². The summed E-state index contributed by atoms with van der Waals surface area (Å²) in [4.78, 5) is 23.7. The first-order valence-corrected chi connectivity index (χ1v) is 8.41. The van der Waals surface area contributed by atoms with Crippen LogP contribution in [0.5, 0.6) is 0 Å². The van der Waals surface area contributed by atoms with Gasteiger partial charge in [-0.25, -0.2) is 4.79 Å². The first-order chi connectivity index (χ1) is 12.1. The minimum atomic E-state index is -0.354. The Morgan fingerprint density at radius 1 is 1.04 bits per heavy atom. The lowest BCUT2D eigenvalue weighted by molar-refractivity contribution is -0.119. The second-order valence-electron chi connectivity index (χ2n) is 5.38. The van der Waals surface area contributed by atoms with E-state index >= 15 is 0 Å². The predicted octanol–water partition coefficient (Wildman–Crippen LogP) is 3.31. The predicted molar refractivity (Wildman–Crippen MR) is 102 cm³/mol. The molecule has 2 aromatic rings. The molecule has 0 atom stereocenters. The smallest absolute Gasteiger partial charge is 0.338 e. The van der Waals surface area contributed by atoms with Crippen molar-refractivity contribution in [3.63, 3.8) is 0 Å². The minimum absolute atomic E-state index is 0.191. The van der Waals surface area contributed by atoms with Gasteiger partial charge in [0.25, 0.3) is 0 Å². The Morgan fingerprint density at radius 3 is 2.36 bits per heavy atom. The summed E-state index contributed by atoms with van der Waals surface area (Å²) < 4.78 is 5.07. The molecular formula is C19H20N2O3S. The summed E-state index contributed by atoms with van der Waals surface area (Å²) in [6.45, 7) is 2.34. The van der Waals surface area contributed by atoms with Crippen molar-refractivity contribution < 1.29 is 14.3 Å². The fraction of sp³-hybridized carbons (Fsp3) is 0.211. The van der Waals surface area contributed by atoms with Crippen LogP contribution in [0.2, 0.25) is 0 Å². The number of hydrogen-bond acceptors (Lipinski definition) is 4. The molecule has 2 N–H and O–H groups in total. The van der Waals surface area contributed by atoms with Gasteiger partial charge in [0, 0.05) is 5.69 Å². The van der Waals surface area contributed by atoms with Gasteiger partial charge in [-0.05, 0) is 48.5 Å². The van der Waals surface area contributed by atoms with E-state index in [9.17, 15) is 9.59 Å². The number of benzene rings is 2. The van der Waals surface area contributed by atoms with E-state index < -0.39 is 0 Å².